The van der Waals surface area contributed by atoms with Gasteiger partial charge in [0.25, 0.3) is 0 Å². The van der Waals surface area contributed by atoms with E-state index in [1.54, 1.807) is 24.5 Å². The Morgan fingerprint density at radius 1 is 1.14 bits per heavy atom. The molecule has 2 nitrogen and oxygen atoms in total. The van der Waals surface area contributed by atoms with Crippen molar-refractivity contribution in [1.29, 1.82) is 0 Å². The van der Waals surface area contributed by atoms with E-state index in [0.717, 1.165) is 10.4 Å². The highest BCUT2D eigenvalue weighted by Gasteiger charge is 2.19. The Morgan fingerprint density at radius 3 is 2.67 bits per heavy atom. The molecule has 1 heterocycles. The normalized spacial score (nSPS) is 12.5. The molecule has 1 unspecified atom stereocenters. The van der Waals surface area contributed by atoms with Crippen molar-refractivity contribution in [3.05, 3.63) is 64.8 Å². The molecule has 0 bridgehead atoms. The minimum atomic E-state index is -0.257. The Bertz CT molecular complexity index is 735. The topological polar surface area (TPSA) is 21.3 Å². The third kappa shape index (κ3) is 2.64. The lowest BCUT2D eigenvalue weighted by Gasteiger charge is -2.18. The first-order valence-corrected chi connectivity index (χ1v) is 7.53. The molecule has 1 atom stereocenters. The molecule has 3 rings (SSSR count). The van der Waals surface area contributed by atoms with Crippen LogP contribution in [0.2, 0.25) is 0 Å². The first-order chi connectivity index (χ1) is 10.2. The van der Waals surface area contributed by atoms with Crippen LogP contribution in [0.25, 0.3) is 10.1 Å². The van der Waals surface area contributed by atoms with Crippen LogP contribution in [0.3, 0.4) is 0 Å². The van der Waals surface area contributed by atoms with Crippen LogP contribution in [-0.2, 0) is 0 Å². The maximum Gasteiger partial charge on any atom is 0.124 e. The maximum absolute atomic E-state index is 13.6. The molecule has 1 aromatic heterocycles. The Morgan fingerprint density at radius 2 is 1.95 bits per heavy atom. The first kappa shape index (κ1) is 14.0. The zero-order valence-electron chi connectivity index (χ0n) is 11.9. The Balaban J connectivity index is 2.11. The number of thiophene rings is 1. The van der Waals surface area contributed by atoms with E-state index in [0.29, 0.717) is 5.75 Å². The van der Waals surface area contributed by atoms with Gasteiger partial charge in [-0.25, -0.2) is 4.39 Å². The molecule has 108 valence electrons. The summed E-state index contributed by atoms with van der Waals surface area (Å²) in [5.74, 6) is 0.431. The second-order valence-corrected chi connectivity index (χ2v) is 5.91. The quantitative estimate of drug-likeness (QED) is 0.773. The number of fused-ring (bicyclic) bond motifs is 1. The predicted octanol–water partition coefficient (Wildman–Crippen LogP) is 4.36. The van der Waals surface area contributed by atoms with Gasteiger partial charge in [-0.15, -0.1) is 11.3 Å². The van der Waals surface area contributed by atoms with Crippen molar-refractivity contribution < 1.29 is 9.13 Å². The number of rotatable bonds is 4. The number of methoxy groups -OCH3 is 1. The third-order valence-electron chi connectivity index (χ3n) is 3.52. The van der Waals surface area contributed by atoms with Crippen LogP contribution in [0.1, 0.15) is 16.5 Å². The van der Waals surface area contributed by atoms with Crippen LogP contribution in [0.5, 0.6) is 5.75 Å². The number of hydrogen-bond acceptors (Lipinski definition) is 3. The van der Waals surface area contributed by atoms with E-state index in [1.807, 2.05) is 19.2 Å². The molecule has 0 radical (unpaired) electrons. The van der Waals surface area contributed by atoms with Gasteiger partial charge in [0.2, 0.25) is 0 Å². The molecule has 0 saturated heterocycles. The fraction of sp³-hybridized carbons (Fsp3) is 0.176. The van der Waals surface area contributed by atoms with Gasteiger partial charge in [-0.05, 0) is 42.8 Å². The van der Waals surface area contributed by atoms with Crippen molar-refractivity contribution in [1.82, 2.24) is 5.32 Å². The van der Waals surface area contributed by atoms with E-state index < -0.39 is 0 Å². The number of benzene rings is 2. The Kier molecular flexibility index (Phi) is 3.90. The highest BCUT2D eigenvalue weighted by atomic mass is 32.1. The van der Waals surface area contributed by atoms with Gasteiger partial charge in [0.05, 0.1) is 13.2 Å². The van der Waals surface area contributed by atoms with E-state index in [-0.39, 0.29) is 11.9 Å². The third-order valence-corrected chi connectivity index (χ3v) is 4.70. The van der Waals surface area contributed by atoms with Crippen LogP contribution in [0.15, 0.2) is 48.5 Å². The lowest BCUT2D eigenvalue weighted by Crippen LogP contribution is -2.17. The highest BCUT2D eigenvalue weighted by molar-refractivity contribution is 7.19. The van der Waals surface area contributed by atoms with E-state index in [1.165, 1.54) is 22.2 Å². The van der Waals surface area contributed by atoms with Crippen molar-refractivity contribution >= 4 is 21.4 Å². The van der Waals surface area contributed by atoms with Crippen molar-refractivity contribution in [3.8, 4) is 5.75 Å². The molecule has 0 spiro atoms. The van der Waals surface area contributed by atoms with E-state index in [2.05, 4.69) is 23.5 Å². The molecule has 0 fully saturated rings. The second-order valence-electron chi connectivity index (χ2n) is 4.79. The van der Waals surface area contributed by atoms with Gasteiger partial charge < -0.3 is 10.1 Å². The molecular weight excluding hydrogens is 285 g/mol. The second kappa shape index (κ2) is 5.84. The average Bonchev–Trinajstić information content (AvgIpc) is 2.92. The minimum Gasteiger partial charge on any atom is -0.496 e. The van der Waals surface area contributed by atoms with Gasteiger partial charge in [-0.3, -0.25) is 0 Å². The molecule has 4 heteroatoms. The maximum atomic E-state index is 13.6. The van der Waals surface area contributed by atoms with Crippen LogP contribution in [-0.4, -0.2) is 14.2 Å². The molecule has 2 aromatic carbocycles. The van der Waals surface area contributed by atoms with Gasteiger partial charge in [0.1, 0.15) is 11.6 Å². The number of halogens is 1. The molecule has 0 aliphatic heterocycles. The van der Waals surface area contributed by atoms with Gasteiger partial charge in [-0.2, -0.15) is 0 Å². The number of nitrogens with one attached hydrogen (secondary N) is 1. The van der Waals surface area contributed by atoms with E-state index in [4.69, 9.17) is 4.74 Å². The summed E-state index contributed by atoms with van der Waals surface area (Å²) in [6, 6.07) is 14.9. The monoisotopic (exact) mass is 301 g/mol. The van der Waals surface area contributed by atoms with Crippen LogP contribution in [0, 0.1) is 5.82 Å². The molecule has 1 N–H and O–H groups in total. The lowest BCUT2D eigenvalue weighted by molar-refractivity contribution is 0.404. The first-order valence-electron chi connectivity index (χ1n) is 6.72. The Labute approximate surface area is 127 Å². The summed E-state index contributed by atoms with van der Waals surface area (Å²) in [6.45, 7) is 0. The minimum absolute atomic E-state index is 0.0898. The fourth-order valence-electron chi connectivity index (χ4n) is 2.53. The van der Waals surface area contributed by atoms with Crippen LogP contribution >= 0.6 is 11.3 Å². The van der Waals surface area contributed by atoms with Gasteiger partial charge in [0, 0.05) is 15.1 Å². The number of ether oxygens (including phenoxy) is 1. The van der Waals surface area contributed by atoms with Crippen LogP contribution in [0.4, 0.5) is 4.39 Å². The molecule has 0 aliphatic rings. The summed E-state index contributed by atoms with van der Waals surface area (Å²) < 4.78 is 20.2. The molecular formula is C17H16FNOS. The van der Waals surface area contributed by atoms with E-state index >= 15 is 0 Å². The van der Waals surface area contributed by atoms with Crippen LogP contribution < -0.4 is 10.1 Å². The largest absolute Gasteiger partial charge is 0.496 e. The van der Waals surface area contributed by atoms with E-state index in [9.17, 15) is 4.39 Å². The van der Waals surface area contributed by atoms with Gasteiger partial charge in [-0.1, -0.05) is 18.2 Å². The molecule has 3 aromatic rings. The van der Waals surface area contributed by atoms with Gasteiger partial charge >= 0.3 is 0 Å². The average molecular weight is 301 g/mol. The number of hydrogen-bond donors (Lipinski definition) is 1. The van der Waals surface area contributed by atoms with Crippen molar-refractivity contribution in [2.24, 2.45) is 0 Å². The predicted molar refractivity (Wildman–Crippen MR) is 85.7 cm³/mol. The summed E-state index contributed by atoms with van der Waals surface area (Å²) in [4.78, 5) is 1.14. The zero-order valence-corrected chi connectivity index (χ0v) is 12.7. The SMILES string of the molecule is CNC(c1cc2ccccc2s1)c1cc(F)ccc1OC. The summed E-state index contributed by atoms with van der Waals surface area (Å²) in [6.07, 6.45) is 0. The molecule has 21 heavy (non-hydrogen) atoms. The van der Waals surface area contributed by atoms with Crippen molar-refractivity contribution in [3.63, 3.8) is 0 Å². The summed E-state index contributed by atoms with van der Waals surface area (Å²) in [5.41, 5.74) is 0.812. The smallest absolute Gasteiger partial charge is 0.124 e. The lowest BCUT2D eigenvalue weighted by atomic mass is 10.0. The van der Waals surface area contributed by atoms with Crippen molar-refractivity contribution in [2.45, 2.75) is 6.04 Å². The fourth-order valence-corrected chi connectivity index (χ4v) is 3.72. The summed E-state index contributed by atoms with van der Waals surface area (Å²) in [7, 11) is 3.48. The summed E-state index contributed by atoms with van der Waals surface area (Å²) in [5, 5.41) is 4.46. The zero-order chi connectivity index (χ0) is 14.8. The summed E-state index contributed by atoms with van der Waals surface area (Å²) >= 11 is 1.71. The van der Waals surface area contributed by atoms with Crippen molar-refractivity contribution in [2.75, 3.05) is 14.2 Å². The highest BCUT2D eigenvalue weighted by Crippen LogP contribution is 2.36. The molecule has 0 amide bonds. The van der Waals surface area contributed by atoms with Gasteiger partial charge in [0.15, 0.2) is 0 Å². The Hall–Kier alpha value is -1.91. The standard InChI is InChI=1S/C17H16FNOS/c1-19-17(13-10-12(18)7-8-14(13)20-2)16-9-11-5-3-4-6-15(11)21-16/h3-10,17,19H,1-2H3. The molecule has 0 aliphatic carbocycles. The molecule has 0 saturated carbocycles.